The fraction of sp³-hybridized carbons (Fsp3) is 0.417. The number of anilines is 1. The minimum absolute atomic E-state index is 0.0102. The first-order valence-electron chi connectivity index (χ1n) is 5.57. The minimum atomic E-state index is -0.0102. The number of hydrogen-bond donors (Lipinski definition) is 2. The number of carbonyl (C=O) groups is 1. The molecule has 100 valence electrons. The zero-order chi connectivity index (χ0) is 13.4. The molecule has 0 spiro atoms. The highest BCUT2D eigenvalue weighted by Gasteiger charge is 2.05. The summed E-state index contributed by atoms with van der Waals surface area (Å²) in [6, 6.07) is 5.27. The van der Waals surface area contributed by atoms with Crippen LogP contribution in [0.25, 0.3) is 0 Å². The Balaban J connectivity index is 2.29. The summed E-state index contributed by atoms with van der Waals surface area (Å²) in [6.07, 6.45) is 0.815. The lowest BCUT2D eigenvalue weighted by molar-refractivity contribution is -0.118. The lowest BCUT2D eigenvalue weighted by Gasteiger charge is -2.06. The van der Waals surface area contributed by atoms with Crippen molar-refractivity contribution in [1.82, 2.24) is 5.32 Å². The lowest BCUT2D eigenvalue weighted by atomic mass is 10.3. The van der Waals surface area contributed by atoms with E-state index in [1.165, 1.54) is 11.8 Å². The number of thioether (sulfide) groups is 1. The van der Waals surface area contributed by atoms with Gasteiger partial charge in [-0.25, -0.2) is 0 Å². The Morgan fingerprint density at radius 1 is 1.56 bits per heavy atom. The van der Waals surface area contributed by atoms with Gasteiger partial charge in [-0.2, -0.15) is 0 Å². The Hall–Kier alpha value is -0.910. The van der Waals surface area contributed by atoms with Gasteiger partial charge in [-0.05, 0) is 24.6 Å². The molecule has 0 aromatic heterocycles. The van der Waals surface area contributed by atoms with Crippen LogP contribution in [0.3, 0.4) is 0 Å². The van der Waals surface area contributed by atoms with Gasteiger partial charge in [-0.15, -0.1) is 11.8 Å². The number of methoxy groups -OCH3 is 1. The van der Waals surface area contributed by atoms with Crippen LogP contribution in [0, 0.1) is 0 Å². The van der Waals surface area contributed by atoms with E-state index in [0.717, 1.165) is 11.3 Å². The van der Waals surface area contributed by atoms with Crippen LogP contribution in [-0.4, -0.2) is 31.9 Å². The second-order valence-electron chi connectivity index (χ2n) is 3.67. The second kappa shape index (κ2) is 8.24. The zero-order valence-electron chi connectivity index (χ0n) is 10.2. The maximum atomic E-state index is 11.5. The van der Waals surface area contributed by atoms with Crippen molar-refractivity contribution in [3.63, 3.8) is 0 Å². The molecule has 0 aliphatic carbocycles. The van der Waals surface area contributed by atoms with E-state index in [4.69, 9.17) is 22.1 Å². The Kier molecular flexibility index (Phi) is 6.93. The van der Waals surface area contributed by atoms with Crippen molar-refractivity contribution in [3.8, 4) is 0 Å². The van der Waals surface area contributed by atoms with Gasteiger partial charge in [0.25, 0.3) is 0 Å². The molecular formula is C12H17ClN2O2S. The quantitative estimate of drug-likeness (QED) is 0.458. The molecule has 0 fully saturated rings. The third-order valence-corrected chi connectivity index (χ3v) is 3.66. The Bertz CT molecular complexity index is 402. The molecule has 1 amide bonds. The summed E-state index contributed by atoms with van der Waals surface area (Å²) < 4.78 is 4.89. The van der Waals surface area contributed by atoms with E-state index in [1.54, 1.807) is 19.2 Å². The summed E-state index contributed by atoms with van der Waals surface area (Å²) in [5, 5.41) is 3.39. The number of hydrogen-bond acceptors (Lipinski definition) is 4. The van der Waals surface area contributed by atoms with Gasteiger partial charge in [0.15, 0.2) is 0 Å². The highest BCUT2D eigenvalue weighted by atomic mass is 35.5. The largest absolute Gasteiger partial charge is 0.399 e. The van der Waals surface area contributed by atoms with Gasteiger partial charge < -0.3 is 15.8 Å². The molecule has 3 N–H and O–H groups in total. The summed E-state index contributed by atoms with van der Waals surface area (Å²) >= 11 is 7.41. The monoisotopic (exact) mass is 288 g/mol. The van der Waals surface area contributed by atoms with Crippen molar-refractivity contribution in [2.75, 3.05) is 31.7 Å². The van der Waals surface area contributed by atoms with Crippen molar-refractivity contribution in [2.24, 2.45) is 0 Å². The van der Waals surface area contributed by atoms with Crippen LogP contribution in [-0.2, 0) is 9.53 Å². The predicted octanol–water partition coefficient (Wildman–Crippen LogP) is 2.17. The van der Waals surface area contributed by atoms with E-state index in [-0.39, 0.29) is 5.91 Å². The van der Waals surface area contributed by atoms with E-state index < -0.39 is 0 Å². The first kappa shape index (κ1) is 15.1. The van der Waals surface area contributed by atoms with Gasteiger partial charge in [0.2, 0.25) is 5.91 Å². The molecule has 18 heavy (non-hydrogen) atoms. The van der Waals surface area contributed by atoms with Crippen molar-refractivity contribution in [3.05, 3.63) is 23.2 Å². The van der Waals surface area contributed by atoms with Crippen LogP contribution in [0.4, 0.5) is 5.69 Å². The van der Waals surface area contributed by atoms with Crippen LogP contribution in [0.15, 0.2) is 23.1 Å². The lowest BCUT2D eigenvalue weighted by Crippen LogP contribution is -2.26. The van der Waals surface area contributed by atoms with E-state index in [0.29, 0.717) is 29.6 Å². The molecule has 0 saturated heterocycles. The molecule has 6 heteroatoms. The fourth-order valence-corrected chi connectivity index (χ4v) is 2.38. The molecule has 0 bridgehead atoms. The number of amides is 1. The first-order chi connectivity index (χ1) is 8.63. The summed E-state index contributed by atoms with van der Waals surface area (Å²) in [5.41, 5.74) is 6.21. The number of benzene rings is 1. The average Bonchev–Trinajstić information content (AvgIpc) is 2.33. The van der Waals surface area contributed by atoms with Crippen molar-refractivity contribution in [1.29, 1.82) is 0 Å². The number of halogens is 1. The minimum Gasteiger partial charge on any atom is -0.399 e. The van der Waals surface area contributed by atoms with Gasteiger partial charge in [-0.1, -0.05) is 11.6 Å². The highest BCUT2D eigenvalue weighted by molar-refractivity contribution is 8.00. The predicted molar refractivity (Wildman–Crippen MR) is 76.1 cm³/mol. The van der Waals surface area contributed by atoms with Gasteiger partial charge in [-0.3, -0.25) is 4.79 Å². The van der Waals surface area contributed by atoms with Crippen molar-refractivity contribution >= 4 is 35.0 Å². The van der Waals surface area contributed by atoms with Gasteiger partial charge in [0, 0.05) is 30.8 Å². The van der Waals surface area contributed by atoms with Crippen LogP contribution < -0.4 is 11.1 Å². The number of rotatable bonds is 7. The number of nitrogens with one attached hydrogen (secondary N) is 1. The van der Waals surface area contributed by atoms with Crippen LogP contribution in [0.2, 0.25) is 5.02 Å². The summed E-state index contributed by atoms with van der Waals surface area (Å²) in [7, 11) is 1.64. The smallest absolute Gasteiger partial charge is 0.230 e. The maximum Gasteiger partial charge on any atom is 0.230 e. The second-order valence-corrected chi connectivity index (χ2v) is 5.10. The van der Waals surface area contributed by atoms with Crippen LogP contribution in [0.1, 0.15) is 6.42 Å². The number of ether oxygens (including phenoxy) is 1. The van der Waals surface area contributed by atoms with Gasteiger partial charge in [0.05, 0.1) is 10.8 Å². The molecule has 4 nitrogen and oxygen atoms in total. The Labute approximate surface area is 116 Å². The summed E-state index contributed by atoms with van der Waals surface area (Å²) in [4.78, 5) is 12.4. The highest BCUT2D eigenvalue weighted by Crippen LogP contribution is 2.28. The molecular weight excluding hydrogens is 272 g/mol. The molecule has 0 aliphatic heterocycles. The standard InChI is InChI=1S/C12H17ClN2O2S/c1-17-6-2-5-15-12(16)8-18-11-4-3-9(14)7-10(11)13/h3-4,7H,2,5-6,8,14H2,1H3,(H,15,16). The van der Waals surface area contributed by atoms with Crippen LogP contribution >= 0.6 is 23.4 Å². The molecule has 1 rings (SSSR count). The number of carbonyl (C=O) groups excluding carboxylic acids is 1. The summed E-state index contributed by atoms with van der Waals surface area (Å²) in [6.45, 7) is 1.28. The molecule has 1 aromatic carbocycles. The molecule has 0 unspecified atom stereocenters. The van der Waals surface area contributed by atoms with Gasteiger partial charge >= 0.3 is 0 Å². The molecule has 0 saturated carbocycles. The van der Waals surface area contributed by atoms with Crippen LogP contribution in [0.5, 0.6) is 0 Å². The number of nitrogen functional groups attached to an aromatic ring is 1. The SMILES string of the molecule is COCCCNC(=O)CSc1ccc(N)cc1Cl. The molecule has 0 heterocycles. The number of nitrogens with two attached hydrogens (primary N) is 1. The normalized spacial score (nSPS) is 10.3. The third kappa shape index (κ3) is 5.62. The molecule has 0 atom stereocenters. The van der Waals surface area contributed by atoms with E-state index in [1.807, 2.05) is 6.07 Å². The Morgan fingerprint density at radius 2 is 2.33 bits per heavy atom. The fourth-order valence-electron chi connectivity index (χ4n) is 1.27. The topological polar surface area (TPSA) is 64.3 Å². The average molecular weight is 289 g/mol. The molecule has 1 aromatic rings. The first-order valence-corrected chi connectivity index (χ1v) is 6.93. The maximum absolute atomic E-state index is 11.5. The van der Waals surface area contributed by atoms with E-state index in [2.05, 4.69) is 5.32 Å². The Morgan fingerprint density at radius 3 is 3.00 bits per heavy atom. The van der Waals surface area contributed by atoms with Crippen molar-refractivity contribution in [2.45, 2.75) is 11.3 Å². The third-order valence-electron chi connectivity index (χ3n) is 2.16. The van der Waals surface area contributed by atoms with Gasteiger partial charge in [0.1, 0.15) is 0 Å². The molecule has 0 radical (unpaired) electrons. The zero-order valence-corrected chi connectivity index (χ0v) is 11.8. The van der Waals surface area contributed by atoms with E-state index in [9.17, 15) is 4.79 Å². The summed E-state index contributed by atoms with van der Waals surface area (Å²) in [5.74, 6) is 0.334. The van der Waals surface area contributed by atoms with E-state index >= 15 is 0 Å². The molecule has 0 aliphatic rings. The van der Waals surface area contributed by atoms with Crippen molar-refractivity contribution < 1.29 is 9.53 Å².